The summed E-state index contributed by atoms with van der Waals surface area (Å²) < 4.78 is 33.9. The molecule has 0 amide bonds. The fourth-order valence-electron chi connectivity index (χ4n) is 4.91. The van der Waals surface area contributed by atoms with Gasteiger partial charge in [0, 0.05) is 12.3 Å². The van der Waals surface area contributed by atoms with Crippen molar-refractivity contribution in [3.8, 4) is 11.8 Å². The molecule has 0 saturated carbocycles. The van der Waals surface area contributed by atoms with Crippen LogP contribution in [0.5, 0.6) is 5.75 Å². The predicted octanol–water partition coefficient (Wildman–Crippen LogP) is 6.98. The molecule has 37 heavy (non-hydrogen) atoms. The van der Waals surface area contributed by atoms with E-state index in [0.717, 1.165) is 31.3 Å². The number of hydrogen-bond acceptors (Lipinski definition) is 5. The van der Waals surface area contributed by atoms with Crippen molar-refractivity contribution in [3.63, 3.8) is 0 Å². The highest BCUT2D eigenvalue weighted by atomic mass is 19.1. The van der Waals surface area contributed by atoms with Crippen molar-refractivity contribution in [2.24, 2.45) is 16.8 Å². The molecule has 1 N–H and O–H groups in total. The molecule has 2 aromatic rings. The molecule has 7 heteroatoms. The van der Waals surface area contributed by atoms with E-state index in [1.807, 2.05) is 13.0 Å². The minimum Gasteiger partial charge on any atom is -0.494 e. The number of nitrogens with one attached hydrogen (secondary N) is 1. The molecule has 1 aliphatic rings. The standard InChI is InChI=1S/C30H33F2N3O2/c1-4-6-20(7-5-14-33)8-12-27(36)29-19(2)24(15-21-9-13-28(37-3)26(32)16-21)30(35-29)22-10-11-23(18-34)25(31)17-22/h9-11,13-14,16-17,20,24,33H,4-8,12,15H2,1-3H3. The molecule has 2 aromatic carbocycles. The number of halogens is 2. The zero-order valence-electron chi connectivity index (χ0n) is 21.6. The van der Waals surface area contributed by atoms with Crippen LogP contribution in [0.25, 0.3) is 0 Å². The van der Waals surface area contributed by atoms with Crippen LogP contribution in [0.4, 0.5) is 8.78 Å². The highest BCUT2D eigenvalue weighted by Gasteiger charge is 2.32. The normalized spacial score (nSPS) is 15.8. The number of ketones is 1. The maximum absolute atomic E-state index is 14.5. The van der Waals surface area contributed by atoms with E-state index in [4.69, 9.17) is 20.4 Å². The van der Waals surface area contributed by atoms with Crippen molar-refractivity contribution >= 4 is 17.7 Å². The topological polar surface area (TPSA) is 86.3 Å². The van der Waals surface area contributed by atoms with E-state index in [-0.39, 0.29) is 23.0 Å². The Morgan fingerprint density at radius 3 is 2.59 bits per heavy atom. The lowest BCUT2D eigenvalue weighted by Gasteiger charge is -2.17. The van der Waals surface area contributed by atoms with Gasteiger partial charge in [-0.3, -0.25) is 4.79 Å². The molecule has 0 aromatic heterocycles. The summed E-state index contributed by atoms with van der Waals surface area (Å²) >= 11 is 0. The van der Waals surface area contributed by atoms with Crippen molar-refractivity contribution in [1.29, 1.82) is 10.7 Å². The van der Waals surface area contributed by atoms with Crippen LogP contribution in [0.2, 0.25) is 0 Å². The van der Waals surface area contributed by atoms with Crippen LogP contribution in [0.1, 0.15) is 69.1 Å². The lowest BCUT2D eigenvalue weighted by Crippen LogP contribution is -2.17. The maximum atomic E-state index is 14.5. The van der Waals surface area contributed by atoms with Gasteiger partial charge in [-0.1, -0.05) is 31.9 Å². The summed E-state index contributed by atoms with van der Waals surface area (Å²) in [7, 11) is 1.40. The largest absolute Gasteiger partial charge is 0.494 e. The molecule has 1 aliphatic heterocycles. The third-order valence-corrected chi connectivity index (χ3v) is 6.96. The number of allylic oxidation sites excluding steroid dienone is 2. The Balaban J connectivity index is 1.92. The van der Waals surface area contributed by atoms with Crippen LogP contribution in [0.15, 0.2) is 52.7 Å². The second-order valence-corrected chi connectivity index (χ2v) is 9.46. The van der Waals surface area contributed by atoms with Gasteiger partial charge in [0.15, 0.2) is 17.3 Å². The predicted molar refractivity (Wildman–Crippen MR) is 141 cm³/mol. The van der Waals surface area contributed by atoms with Gasteiger partial charge in [-0.25, -0.2) is 13.8 Å². The van der Waals surface area contributed by atoms with Crippen LogP contribution in [0.3, 0.4) is 0 Å². The van der Waals surface area contributed by atoms with Gasteiger partial charge < -0.3 is 10.1 Å². The molecule has 3 rings (SSSR count). The van der Waals surface area contributed by atoms with Crippen LogP contribution >= 0.6 is 0 Å². The van der Waals surface area contributed by atoms with E-state index in [1.54, 1.807) is 18.2 Å². The van der Waals surface area contributed by atoms with E-state index in [1.165, 1.54) is 31.5 Å². The smallest absolute Gasteiger partial charge is 0.181 e. The molecule has 0 fully saturated rings. The van der Waals surface area contributed by atoms with Gasteiger partial charge in [-0.15, -0.1) is 0 Å². The first-order valence-electron chi connectivity index (χ1n) is 12.7. The van der Waals surface area contributed by atoms with Gasteiger partial charge in [0.05, 0.1) is 18.4 Å². The first-order valence-corrected chi connectivity index (χ1v) is 12.7. The van der Waals surface area contributed by atoms with E-state index in [2.05, 4.69) is 6.92 Å². The molecule has 194 valence electrons. The number of carbonyl (C=O) groups is 1. The SMILES string of the molecule is CCCC(CCC=N)CCC(=O)C1=C(C)C(Cc2ccc(OC)c(F)c2)C(c2ccc(C#N)c(F)c2)=N1. The highest BCUT2D eigenvalue weighted by Crippen LogP contribution is 2.34. The molecule has 0 radical (unpaired) electrons. The van der Waals surface area contributed by atoms with Gasteiger partial charge in [-0.05, 0) is 85.7 Å². The Kier molecular flexibility index (Phi) is 9.85. The Morgan fingerprint density at radius 2 is 1.97 bits per heavy atom. The average Bonchev–Trinajstić information content (AvgIpc) is 3.21. The van der Waals surface area contributed by atoms with E-state index >= 15 is 0 Å². The van der Waals surface area contributed by atoms with Gasteiger partial charge >= 0.3 is 0 Å². The molecular weight excluding hydrogens is 472 g/mol. The summed E-state index contributed by atoms with van der Waals surface area (Å²) in [6, 6.07) is 10.9. The fraction of sp³-hybridized carbons (Fsp3) is 0.400. The number of methoxy groups -OCH3 is 1. The number of carbonyl (C=O) groups excluding carboxylic acids is 1. The van der Waals surface area contributed by atoms with E-state index in [9.17, 15) is 13.6 Å². The number of nitrogens with zero attached hydrogens (tertiary/aromatic N) is 2. The molecule has 1 heterocycles. The Bertz CT molecular complexity index is 1260. The number of nitriles is 1. The number of benzene rings is 2. The van der Waals surface area contributed by atoms with Crippen LogP contribution in [-0.2, 0) is 11.2 Å². The van der Waals surface area contributed by atoms with E-state index in [0.29, 0.717) is 47.7 Å². The lowest BCUT2D eigenvalue weighted by molar-refractivity contribution is -0.115. The third kappa shape index (κ3) is 6.76. The van der Waals surface area contributed by atoms with Crippen molar-refractivity contribution in [2.45, 2.75) is 58.8 Å². The fourth-order valence-corrected chi connectivity index (χ4v) is 4.91. The number of Topliss-reactive ketones (excluding diaryl/α,β-unsaturated/α-hetero) is 1. The summed E-state index contributed by atoms with van der Waals surface area (Å²) in [5, 5.41) is 16.4. The molecule has 5 nitrogen and oxygen atoms in total. The summed E-state index contributed by atoms with van der Waals surface area (Å²) in [5.41, 5.74) is 2.81. The summed E-state index contributed by atoms with van der Waals surface area (Å²) in [6.45, 7) is 3.97. The minimum absolute atomic E-state index is 0.0657. The van der Waals surface area contributed by atoms with Crippen LogP contribution in [-0.4, -0.2) is 24.8 Å². The van der Waals surface area contributed by atoms with Gasteiger partial charge in [0.2, 0.25) is 0 Å². The first kappa shape index (κ1) is 27.9. The van der Waals surface area contributed by atoms with Crippen LogP contribution in [0, 0.1) is 40.2 Å². The van der Waals surface area contributed by atoms with Gasteiger partial charge in [0.1, 0.15) is 17.6 Å². The number of aliphatic imine (C=N–C) groups is 1. The second kappa shape index (κ2) is 13.0. The molecule has 0 saturated heterocycles. The Morgan fingerprint density at radius 1 is 1.19 bits per heavy atom. The molecular formula is C30H33F2N3O2. The zero-order chi connectivity index (χ0) is 26.9. The first-order chi connectivity index (χ1) is 17.8. The quantitative estimate of drug-likeness (QED) is 0.298. The summed E-state index contributed by atoms with van der Waals surface area (Å²) in [5.74, 6) is -1.03. The number of rotatable bonds is 13. The second-order valence-electron chi connectivity index (χ2n) is 9.46. The van der Waals surface area contributed by atoms with E-state index < -0.39 is 11.6 Å². The van der Waals surface area contributed by atoms with Crippen molar-refractivity contribution in [3.05, 3.63) is 76.0 Å². The molecule has 0 aliphatic carbocycles. The summed E-state index contributed by atoms with van der Waals surface area (Å²) in [6.07, 6.45) is 6.46. The van der Waals surface area contributed by atoms with Crippen LogP contribution < -0.4 is 4.74 Å². The lowest BCUT2D eigenvalue weighted by atomic mass is 9.85. The average molecular weight is 506 g/mol. The summed E-state index contributed by atoms with van der Waals surface area (Å²) in [4.78, 5) is 18.0. The number of hydrogen-bond donors (Lipinski definition) is 1. The Hall–Kier alpha value is -3.66. The molecule has 2 unspecified atom stereocenters. The molecule has 2 atom stereocenters. The molecule has 0 bridgehead atoms. The third-order valence-electron chi connectivity index (χ3n) is 6.96. The highest BCUT2D eigenvalue weighted by molar-refractivity contribution is 6.11. The van der Waals surface area contributed by atoms with Crippen molar-refractivity contribution in [1.82, 2.24) is 0 Å². The van der Waals surface area contributed by atoms with Crippen molar-refractivity contribution in [2.75, 3.05) is 7.11 Å². The maximum Gasteiger partial charge on any atom is 0.181 e. The van der Waals surface area contributed by atoms with Gasteiger partial charge in [-0.2, -0.15) is 5.26 Å². The number of ether oxygens (including phenoxy) is 1. The minimum atomic E-state index is -0.650. The van der Waals surface area contributed by atoms with Gasteiger partial charge in [0.25, 0.3) is 0 Å². The zero-order valence-corrected chi connectivity index (χ0v) is 21.6. The monoisotopic (exact) mass is 505 g/mol. The Labute approximate surface area is 217 Å². The molecule has 0 spiro atoms. The van der Waals surface area contributed by atoms with Crippen molar-refractivity contribution < 1.29 is 18.3 Å².